The van der Waals surface area contributed by atoms with E-state index in [4.69, 9.17) is 0 Å². The fourth-order valence-corrected chi connectivity index (χ4v) is 1.65. The fourth-order valence-electron chi connectivity index (χ4n) is 0.713. The van der Waals surface area contributed by atoms with E-state index in [0.717, 1.165) is 5.03 Å². The van der Waals surface area contributed by atoms with Gasteiger partial charge in [0.25, 0.3) is 0 Å². The van der Waals surface area contributed by atoms with E-state index in [1.54, 1.807) is 11.8 Å². The van der Waals surface area contributed by atoms with E-state index >= 15 is 0 Å². The zero-order valence-corrected chi connectivity index (χ0v) is 7.53. The van der Waals surface area contributed by atoms with E-state index in [1.807, 2.05) is 18.2 Å². The minimum atomic E-state index is 1.08. The standard InChI is InChI=1S/C9H12NS/c1-2-3-8-11-9-6-4-5-7-10-9/h4-6H,2-3,8H2,1H3. The third kappa shape index (κ3) is 3.42. The zero-order chi connectivity index (χ0) is 7.94. The quantitative estimate of drug-likeness (QED) is 0.504. The lowest BCUT2D eigenvalue weighted by molar-refractivity contribution is 0.894. The predicted octanol–water partition coefficient (Wildman–Crippen LogP) is 2.77. The molecule has 1 heterocycles. The molecule has 0 aliphatic heterocycles. The highest BCUT2D eigenvalue weighted by molar-refractivity contribution is 7.99. The molecule has 0 aromatic carbocycles. The molecular weight excluding hydrogens is 154 g/mol. The number of hydrogen-bond acceptors (Lipinski definition) is 2. The van der Waals surface area contributed by atoms with Crippen molar-refractivity contribution in [3.63, 3.8) is 0 Å². The highest BCUT2D eigenvalue weighted by atomic mass is 32.2. The second-order valence-electron chi connectivity index (χ2n) is 2.31. The summed E-state index contributed by atoms with van der Waals surface area (Å²) in [6.45, 7) is 2.20. The Labute approximate surface area is 72.2 Å². The van der Waals surface area contributed by atoms with Gasteiger partial charge in [-0.1, -0.05) is 19.4 Å². The molecule has 0 N–H and O–H groups in total. The van der Waals surface area contributed by atoms with Crippen LogP contribution in [0.4, 0.5) is 0 Å². The van der Waals surface area contributed by atoms with Crippen molar-refractivity contribution in [2.75, 3.05) is 5.75 Å². The van der Waals surface area contributed by atoms with Crippen LogP contribution < -0.4 is 0 Å². The van der Waals surface area contributed by atoms with Gasteiger partial charge in [-0.15, -0.1) is 11.8 Å². The van der Waals surface area contributed by atoms with Crippen LogP contribution >= 0.6 is 11.8 Å². The first-order valence-electron chi connectivity index (χ1n) is 3.89. The number of aromatic nitrogens is 1. The molecule has 59 valence electrons. The smallest absolute Gasteiger partial charge is 0.0968 e. The van der Waals surface area contributed by atoms with Crippen LogP contribution in [0.15, 0.2) is 23.2 Å². The molecule has 11 heavy (non-hydrogen) atoms. The van der Waals surface area contributed by atoms with Crippen LogP contribution in [0.25, 0.3) is 0 Å². The molecular formula is C9H12NS. The van der Waals surface area contributed by atoms with Crippen molar-refractivity contribution in [3.05, 3.63) is 24.4 Å². The lowest BCUT2D eigenvalue weighted by atomic mass is 10.4. The Balaban J connectivity index is 2.28. The molecule has 0 unspecified atom stereocenters. The maximum Gasteiger partial charge on any atom is 0.0968 e. The summed E-state index contributed by atoms with van der Waals surface area (Å²) < 4.78 is 0. The average molecular weight is 166 g/mol. The molecule has 1 radical (unpaired) electrons. The molecule has 2 heteroatoms. The summed E-state index contributed by atoms with van der Waals surface area (Å²) in [5.74, 6) is 1.17. The van der Waals surface area contributed by atoms with Crippen LogP contribution in [0.1, 0.15) is 19.8 Å². The number of pyridine rings is 1. The van der Waals surface area contributed by atoms with E-state index in [0.29, 0.717) is 0 Å². The summed E-state index contributed by atoms with van der Waals surface area (Å²) in [6, 6.07) is 5.82. The molecule has 0 saturated carbocycles. The van der Waals surface area contributed by atoms with Crippen LogP contribution in [0, 0.1) is 6.20 Å². The van der Waals surface area contributed by atoms with Gasteiger partial charge in [-0.3, -0.25) is 0 Å². The fraction of sp³-hybridized carbons (Fsp3) is 0.444. The van der Waals surface area contributed by atoms with E-state index in [2.05, 4.69) is 18.1 Å². The van der Waals surface area contributed by atoms with E-state index < -0.39 is 0 Å². The van der Waals surface area contributed by atoms with Crippen LogP contribution in [0.2, 0.25) is 0 Å². The molecule has 0 saturated heterocycles. The van der Waals surface area contributed by atoms with E-state index in [-0.39, 0.29) is 0 Å². The second-order valence-corrected chi connectivity index (χ2v) is 3.42. The Morgan fingerprint density at radius 3 is 3.18 bits per heavy atom. The van der Waals surface area contributed by atoms with Gasteiger partial charge in [0.05, 0.1) is 11.2 Å². The van der Waals surface area contributed by atoms with Gasteiger partial charge in [-0.05, 0) is 24.3 Å². The molecule has 0 aliphatic carbocycles. The van der Waals surface area contributed by atoms with Crippen molar-refractivity contribution < 1.29 is 0 Å². The van der Waals surface area contributed by atoms with Gasteiger partial charge in [0.2, 0.25) is 0 Å². The Kier molecular flexibility index (Phi) is 4.06. The molecule has 0 fully saturated rings. The minimum Gasteiger partial charge on any atom is -0.240 e. The van der Waals surface area contributed by atoms with Gasteiger partial charge in [0.1, 0.15) is 0 Å². The SMILES string of the molecule is CCCCSc1ccc[c]n1. The van der Waals surface area contributed by atoms with E-state index in [9.17, 15) is 0 Å². The summed E-state index contributed by atoms with van der Waals surface area (Å²) >= 11 is 1.80. The number of thioether (sulfide) groups is 1. The summed E-state index contributed by atoms with van der Waals surface area (Å²) in [6.07, 6.45) is 5.34. The van der Waals surface area contributed by atoms with Gasteiger partial charge in [-0.2, -0.15) is 0 Å². The zero-order valence-electron chi connectivity index (χ0n) is 6.71. The van der Waals surface area contributed by atoms with Crippen LogP contribution in [0.5, 0.6) is 0 Å². The monoisotopic (exact) mass is 166 g/mol. The number of nitrogens with zero attached hydrogens (tertiary/aromatic N) is 1. The van der Waals surface area contributed by atoms with Crippen molar-refractivity contribution in [1.82, 2.24) is 4.98 Å². The lowest BCUT2D eigenvalue weighted by Gasteiger charge is -1.96. The van der Waals surface area contributed by atoms with Crippen molar-refractivity contribution in [3.8, 4) is 0 Å². The van der Waals surface area contributed by atoms with Gasteiger partial charge < -0.3 is 0 Å². The Bertz CT molecular complexity index is 186. The predicted molar refractivity (Wildman–Crippen MR) is 48.7 cm³/mol. The normalized spacial score (nSPS) is 9.91. The molecule has 0 atom stereocenters. The number of unbranched alkanes of at least 4 members (excludes halogenated alkanes) is 1. The Morgan fingerprint density at radius 2 is 2.55 bits per heavy atom. The Hall–Kier alpha value is -0.500. The van der Waals surface area contributed by atoms with Crippen LogP contribution in [-0.2, 0) is 0 Å². The first-order valence-corrected chi connectivity index (χ1v) is 4.88. The number of hydrogen-bond donors (Lipinski definition) is 0. The molecule has 0 spiro atoms. The van der Waals surface area contributed by atoms with Crippen molar-refractivity contribution >= 4 is 11.8 Å². The van der Waals surface area contributed by atoms with E-state index in [1.165, 1.54) is 18.6 Å². The summed E-state index contributed by atoms with van der Waals surface area (Å²) in [7, 11) is 0. The maximum absolute atomic E-state index is 4.09. The molecule has 1 rings (SSSR count). The lowest BCUT2D eigenvalue weighted by Crippen LogP contribution is -1.80. The highest BCUT2D eigenvalue weighted by Gasteiger charge is 1.91. The maximum atomic E-state index is 4.09. The number of rotatable bonds is 4. The van der Waals surface area contributed by atoms with Crippen molar-refractivity contribution in [2.45, 2.75) is 24.8 Å². The van der Waals surface area contributed by atoms with Gasteiger partial charge in [0, 0.05) is 0 Å². The molecule has 1 aromatic heterocycles. The summed E-state index contributed by atoms with van der Waals surface area (Å²) in [5, 5.41) is 1.08. The minimum absolute atomic E-state index is 1.08. The largest absolute Gasteiger partial charge is 0.240 e. The van der Waals surface area contributed by atoms with Gasteiger partial charge in [-0.25, -0.2) is 4.98 Å². The first-order chi connectivity index (χ1) is 5.43. The Morgan fingerprint density at radius 1 is 1.64 bits per heavy atom. The summed E-state index contributed by atoms with van der Waals surface area (Å²) in [4.78, 5) is 4.09. The van der Waals surface area contributed by atoms with Gasteiger partial charge >= 0.3 is 0 Å². The molecule has 1 aromatic rings. The van der Waals surface area contributed by atoms with Crippen LogP contribution in [-0.4, -0.2) is 10.7 Å². The molecule has 1 nitrogen and oxygen atoms in total. The first kappa shape index (κ1) is 8.60. The highest BCUT2D eigenvalue weighted by Crippen LogP contribution is 2.14. The molecule has 0 bridgehead atoms. The van der Waals surface area contributed by atoms with Crippen molar-refractivity contribution in [1.29, 1.82) is 0 Å². The second kappa shape index (κ2) is 5.19. The average Bonchev–Trinajstić information content (AvgIpc) is 2.07. The molecule has 0 amide bonds. The van der Waals surface area contributed by atoms with Crippen molar-refractivity contribution in [2.24, 2.45) is 0 Å². The third-order valence-electron chi connectivity index (χ3n) is 1.33. The topological polar surface area (TPSA) is 12.9 Å². The molecule has 0 aliphatic rings. The summed E-state index contributed by atoms with van der Waals surface area (Å²) in [5.41, 5.74) is 0. The van der Waals surface area contributed by atoms with Gasteiger partial charge in [0.15, 0.2) is 0 Å². The third-order valence-corrected chi connectivity index (χ3v) is 2.35. The van der Waals surface area contributed by atoms with Crippen LogP contribution in [0.3, 0.4) is 0 Å².